The maximum absolute atomic E-state index is 12.9. The summed E-state index contributed by atoms with van der Waals surface area (Å²) in [6.07, 6.45) is 5.00. The zero-order chi connectivity index (χ0) is 22.4. The molecule has 0 radical (unpaired) electrons. The van der Waals surface area contributed by atoms with Crippen LogP contribution >= 0.6 is 11.6 Å². The van der Waals surface area contributed by atoms with E-state index in [0.717, 1.165) is 16.7 Å². The van der Waals surface area contributed by atoms with E-state index in [0.29, 0.717) is 24.7 Å². The first kappa shape index (κ1) is 22.3. The third kappa shape index (κ3) is 5.60. The van der Waals surface area contributed by atoms with Gasteiger partial charge in [0.2, 0.25) is 5.91 Å². The lowest BCUT2D eigenvalue weighted by Crippen LogP contribution is -2.32. The van der Waals surface area contributed by atoms with Gasteiger partial charge >= 0.3 is 0 Å². The lowest BCUT2D eigenvalue weighted by atomic mass is 10.1. The van der Waals surface area contributed by atoms with Crippen LogP contribution < -0.4 is 16.6 Å². The van der Waals surface area contributed by atoms with Crippen molar-refractivity contribution in [3.8, 4) is 6.07 Å². The predicted octanol–water partition coefficient (Wildman–Crippen LogP) is 1.90. The molecule has 0 atom stereocenters. The Kier molecular flexibility index (Phi) is 7.23. The number of carbonyl (C=O) groups excluding carboxylic acids is 1. The van der Waals surface area contributed by atoms with Gasteiger partial charge in [0.05, 0.1) is 30.8 Å². The number of aromatic nitrogens is 3. The average molecular weight is 439 g/mol. The average Bonchev–Trinajstić information content (AvgIpc) is 3.18. The van der Waals surface area contributed by atoms with E-state index in [2.05, 4.69) is 10.4 Å². The summed E-state index contributed by atoms with van der Waals surface area (Å²) in [4.78, 5) is 25.4. The molecule has 31 heavy (non-hydrogen) atoms. The quantitative estimate of drug-likeness (QED) is 0.556. The number of nitrogens with two attached hydrogens (primary N) is 1. The smallest absolute Gasteiger partial charge is 0.255 e. The standard InChI is InChI=1S/C22H23ClN6O2/c1-15-12-27-29(14-15)7-6-28-5-4-17(11-25)20(22(28)31)9-21(30)26-13-18-8-19(23)3-2-16(18)10-24/h2-5,8,12,14H,6-7,9-10,13,24H2,1H3,(H,26,30). The Balaban J connectivity index is 1.72. The molecule has 0 spiro atoms. The van der Waals surface area contributed by atoms with Crippen molar-refractivity contribution in [3.05, 3.63) is 86.0 Å². The van der Waals surface area contributed by atoms with Crippen molar-refractivity contribution < 1.29 is 4.79 Å². The van der Waals surface area contributed by atoms with E-state index in [4.69, 9.17) is 17.3 Å². The van der Waals surface area contributed by atoms with Crippen LogP contribution in [0.25, 0.3) is 0 Å². The number of nitrogens with zero attached hydrogens (tertiary/aromatic N) is 4. The number of benzene rings is 1. The number of amides is 1. The third-order valence-electron chi connectivity index (χ3n) is 4.92. The normalized spacial score (nSPS) is 10.6. The van der Waals surface area contributed by atoms with E-state index in [1.807, 2.05) is 25.3 Å². The minimum absolute atomic E-state index is 0.171. The summed E-state index contributed by atoms with van der Waals surface area (Å²) in [6.45, 7) is 3.37. The highest BCUT2D eigenvalue weighted by Gasteiger charge is 2.15. The van der Waals surface area contributed by atoms with E-state index in [9.17, 15) is 14.9 Å². The molecule has 160 valence electrons. The fourth-order valence-corrected chi connectivity index (χ4v) is 3.44. The van der Waals surface area contributed by atoms with Crippen molar-refractivity contribution in [3.63, 3.8) is 0 Å². The Morgan fingerprint density at radius 1 is 1.29 bits per heavy atom. The maximum atomic E-state index is 12.9. The summed E-state index contributed by atoms with van der Waals surface area (Å²) >= 11 is 6.03. The number of aryl methyl sites for hydroxylation is 3. The lowest BCUT2D eigenvalue weighted by Gasteiger charge is -2.12. The number of nitrogens with one attached hydrogen (secondary N) is 1. The fourth-order valence-electron chi connectivity index (χ4n) is 3.25. The van der Waals surface area contributed by atoms with E-state index in [-0.39, 0.29) is 35.6 Å². The monoisotopic (exact) mass is 438 g/mol. The molecule has 0 saturated heterocycles. The summed E-state index contributed by atoms with van der Waals surface area (Å²) in [6, 6.07) is 8.86. The van der Waals surface area contributed by atoms with Crippen LogP contribution in [0.3, 0.4) is 0 Å². The van der Waals surface area contributed by atoms with Crippen molar-refractivity contribution in [2.45, 2.75) is 39.5 Å². The Labute approximate surface area is 184 Å². The number of nitriles is 1. The minimum Gasteiger partial charge on any atom is -0.352 e. The van der Waals surface area contributed by atoms with Crippen LogP contribution in [0.4, 0.5) is 0 Å². The molecule has 3 N–H and O–H groups in total. The summed E-state index contributed by atoms with van der Waals surface area (Å²) in [7, 11) is 0. The predicted molar refractivity (Wildman–Crippen MR) is 117 cm³/mol. The first-order valence-corrected chi connectivity index (χ1v) is 10.1. The van der Waals surface area contributed by atoms with Gasteiger partial charge < -0.3 is 15.6 Å². The first-order chi connectivity index (χ1) is 14.9. The van der Waals surface area contributed by atoms with Crippen molar-refractivity contribution in [2.75, 3.05) is 0 Å². The number of hydrogen-bond acceptors (Lipinski definition) is 5. The molecule has 8 nitrogen and oxygen atoms in total. The molecule has 9 heteroatoms. The Hall–Kier alpha value is -3.41. The van der Waals surface area contributed by atoms with Gasteiger partial charge in [-0.25, -0.2) is 0 Å². The van der Waals surface area contributed by atoms with Crippen LogP contribution in [0.1, 0.15) is 27.8 Å². The molecule has 0 saturated carbocycles. The largest absolute Gasteiger partial charge is 0.352 e. The molecule has 0 unspecified atom stereocenters. The molecule has 0 fully saturated rings. The number of hydrogen-bond donors (Lipinski definition) is 2. The molecule has 0 bridgehead atoms. The van der Waals surface area contributed by atoms with Crippen molar-refractivity contribution in [2.24, 2.45) is 5.73 Å². The molecule has 2 aromatic heterocycles. The van der Waals surface area contributed by atoms with Crippen LogP contribution in [0.15, 0.2) is 47.7 Å². The van der Waals surface area contributed by atoms with Gasteiger partial charge in [-0.15, -0.1) is 0 Å². The van der Waals surface area contributed by atoms with Gasteiger partial charge in [-0.1, -0.05) is 17.7 Å². The van der Waals surface area contributed by atoms with Gasteiger partial charge in [-0.2, -0.15) is 10.4 Å². The number of halogens is 1. The molecule has 0 aliphatic carbocycles. The maximum Gasteiger partial charge on any atom is 0.255 e. The lowest BCUT2D eigenvalue weighted by molar-refractivity contribution is -0.120. The molecular weight excluding hydrogens is 416 g/mol. The topological polar surface area (TPSA) is 119 Å². The second-order valence-corrected chi connectivity index (χ2v) is 7.61. The Bertz CT molecular complexity index is 1190. The summed E-state index contributed by atoms with van der Waals surface area (Å²) in [5.74, 6) is -0.364. The van der Waals surface area contributed by atoms with Crippen molar-refractivity contribution >= 4 is 17.5 Å². The van der Waals surface area contributed by atoms with Crippen LogP contribution in [0.2, 0.25) is 5.02 Å². The second kappa shape index (κ2) is 10.1. The van der Waals surface area contributed by atoms with E-state index in [1.165, 1.54) is 4.57 Å². The second-order valence-electron chi connectivity index (χ2n) is 7.17. The van der Waals surface area contributed by atoms with Crippen molar-refractivity contribution in [1.29, 1.82) is 5.26 Å². The van der Waals surface area contributed by atoms with E-state index < -0.39 is 0 Å². The summed E-state index contributed by atoms with van der Waals surface area (Å²) in [5, 5.41) is 16.9. The van der Waals surface area contributed by atoms with Crippen molar-refractivity contribution in [1.82, 2.24) is 19.7 Å². The highest BCUT2D eigenvalue weighted by atomic mass is 35.5. The van der Waals surface area contributed by atoms with Gasteiger partial charge in [0.15, 0.2) is 0 Å². The van der Waals surface area contributed by atoms with Crippen LogP contribution in [-0.2, 0) is 37.4 Å². The molecule has 0 aliphatic heterocycles. The molecule has 0 aliphatic rings. The number of rotatable bonds is 8. The number of carbonyl (C=O) groups is 1. The van der Waals surface area contributed by atoms with Gasteiger partial charge in [0.25, 0.3) is 5.56 Å². The van der Waals surface area contributed by atoms with Gasteiger partial charge in [-0.05, 0) is 41.8 Å². The van der Waals surface area contributed by atoms with Crippen LogP contribution in [-0.4, -0.2) is 20.3 Å². The first-order valence-electron chi connectivity index (χ1n) is 9.76. The molecule has 1 amide bonds. The third-order valence-corrected chi connectivity index (χ3v) is 5.15. The molecule has 2 heterocycles. The molecular formula is C22H23ClN6O2. The van der Waals surface area contributed by atoms with Gasteiger partial charge in [0.1, 0.15) is 0 Å². The van der Waals surface area contributed by atoms with Crippen LogP contribution in [0.5, 0.6) is 0 Å². The highest BCUT2D eigenvalue weighted by molar-refractivity contribution is 6.30. The summed E-state index contributed by atoms with van der Waals surface area (Å²) < 4.78 is 3.23. The van der Waals surface area contributed by atoms with Gasteiger partial charge in [-0.3, -0.25) is 14.3 Å². The zero-order valence-corrected chi connectivity index (χ0v) is 17.9. The SMILES string of the molecule is Cc1cnn(CCn2ccc(C#N)c(CC(=O)NCc3cc(Cl)ccc3CN)c2=O)c1. The minimum atomic E-state index is -0.364. The van der Waals surface area contributed by atoms with E-state index >= 15 is 0 Å². The Morgan fingerprint density at radius 3 is 2.77 bits per heavy atom. The Morgan fingerprint density at radius 2 is 2.10 bits per heavy atom. The fraction of sp³-hybridized carbons (Fsp3) is 0.273. The number of pyridine rings is 1. The zero-order valence-electron chi connectivity index (χ0n) is 17.1. The van der Waals surface area contributed by atoms with Crippen LogP contribution in [0, 0.1) is 18.3 Å². The van der Waals surface area contributed by atoms with E-state index in [1.54, 1.807) is 35.3 Å². The molecule has 1 aromatic carbocycles. The molecule has 3 rings (SSSR count). The highest BCUT2D eigenvalue weighted by Crippen LogP contribution is 2.16. The van der Waals surface area contributed by atoms with Gasteiger partial charge in [0, 0.05) is 42.6 Å². The summed E-state index contributed by atoms with van der Waals surface area (Å²) in [5.41, 5.74) is 8.45. The molecule has 3 aromatic rings.